The molecule has 1 heterocycles. The zero-order chi connectivity index (χ0) is 10.1. The third-order valence-electron chi connectivity index (χ3n) is 1.37. The Hall–Kier alpha value is 0.380. The molecule has 3 nitrogen and oxygen atoms in total. The average Bonchev–Trinajstić information content (AvgIpc) is 2.33. The minimum absolute atomic E-state index is 0.308. The molecule has 0 amide bonds. The van der Waals surface area contributed by atoms with E-state index < -0.39 is 9.24 Å². The Morgan fingerprint density at radius 3 is 2.69 bits per heavy atom. The van der Waals surface area contributed by atoms with Gasteiger partial charge in [0.2, 0.25) is 0 Å². The van der Waals surface area contributed by atoms with E-state index in [-0.39, 0.29) is 0 Å². The molecule has 0 aliphatic carbocycles. The summed E-state index contributed by atoms with van der Waals surface area (Å²) in [5.41, 5.74) is 0. The van der Waals surface area contributed by atoms with Gasteiger partial charge >= 0.3 is 0 Å². The van der Waals surface area contributed by atoms with E-state index in [4.69, 9.17) is 10.7 Å². The van der Waals surface area contributed by atoms with E-state index in [1.165, 1.54) is 18.4 Å². The average molecular weight is 305 g/mol. The fourth-order valence-electron chi connectivity index (χ4n) is 0.733. The third kappa shape index (κ3) is 3.55. The second-order valence-electron chi connectivity index (χ2n) is 2.43. The maximum absolute atomic E-state index is 10.8. The van der Waals surface area contributed by atoms with Gasteiger partial charge in [0.05, 0.1) is 0 Å². The molecule has 0 N–H and O–H groups in total. The smallest absolute Gasteiger partial charge is 0.195 e. The predicted octanol–water partition coefficient (Wildman–Crippen LogP) is 2.43. The van der Waals surface area contributed by atoms with Crippen LogP contribution in [0.3, 0.4) is 0 Å². The SMILES string of the molecule is CN(Cc1cc(Br)cs1)S(=O)(=O)Cl. The number of thiophene rings is 1. The Morgan fingerprint density at radius 1 is 1.69 bits per heavy atom. The Morgan fingerprint density at radius 2 is 2.31 bits per heavy atom. The van der Waals surface area contributed by atoms with Gasteiger partial charge in [0.1, 0.15) is 0 Å². The summed E-state index contributed by atoms with van der Waals surface area (Å²) < 4.78 is 23.7. The Bertz CT molecular complexity index is 389. The van der Waals surface area contributed by atoms with Gasteiger partial charge in [-0.2, -0.15) is 12.7 Å². The quantitative estimate of drug-likeness (QED) is 0.804. The van der Waals surface area contributed by atoms with Crippen LogP contribution in [-0.2, 0) is 15.8 Å². The summed E-state index contributed by atoms with van der Waals surface area (Å²) in [4.78, 5) is 0.943. The minimum Gasteiger partial charge on any atom is -0.195 e. The van der Waals surface area contributed by atoms with E-state index in [9.17, 15) is 8.42 Å². The molecule has 1 rings (SSSR count). The van der Waals surface area contributed by atoms with Gasteiger partial charge in [0, 0.05) is 39.0 Å². The molecule has 0 unspecified atom stereocenters. The molecule has 0 spiro atoms. The van der Waals surface area contributed by atoms with Gasteiger partial charge in [-0.25, -0.2) is 0 Å². The van der Waals surface area contributed by atoms with Crippen molar-refractivity contribution in [1.82, 2.24) is 4.31 Å². The van der Waals surface area contributed by atoms with Gasteiger partial charge in [-0.15, -0.1) is 11.3 Å². The van der Waals surface area contributed by atoms with Gasteiger partial charge in [0.15, 0.2) is 0 Å². The van der Waals surface area contributed by atoms with E-state index >= 15 is 0 Å². The molecule has 0 aromatic carbocycles. The molecule has 1 aromatic rings. The van der Waals surface area contributed by atoms with Gasteiger partial charge in [-0.05, 0) is 22.0 Å². The standard InChI is InChI=1S/C6H7BrClNO2S2/c1-9(13(8,10)11)3-6-2-5(7)4-12-6/h2,4H,3H2,1H3. The molecule has 0 saturated heterocycles. The third-order valence-corrected chi connectivity index (χ3v) is 4.64. The van der Waals surface area contributed by atoms with Crippen LogP contribution in [0.15, 0.2) is 15.9 Å². The Kier molecular flexibility index (Phi) is 3.76. The van der Waals surface area contributed by atoms with Crippen molar-refractivity contribution in [3.63, 3.8) is 0 Å². The maximum atomic E-state index is 10.8. The molecule has 0 atom stereocenters. The van der Waals surface area contributed by atoms with Crippen molar-refractivity contribution in [3.8, 4) is 0 Å². The lowest BCUT2D eigenvalue weighted by molar-refractivity contribution is 0.484. The summed E-state index contributed by atoms with van der Waals surface area (Å²) in [5, 5.41) is 1.89. The number of hydrogen-bond donors (Lipinski definition) is 0. The van der Waals surface area contributed by atoms with Crippen molar-refractivity contribution >= 4 is 47.2 Å². The van der Waals surface area contributed by atoms with Crippen LogP contribution in [-0.4, -0.2) is 19.8 Å². The maximum Gasteiger partial charge on any atom is 0.299 e. The molecule has 13 heavy (non-hydrogen) atoms. The summed E-state index contributed by atoms with van der Waals surface area (Å²) in [6.45, 7) is 0.308. The fourth-order valence-corrected chi connectivity index (χ4v) is 2.76. The van der Waals surface area contributed by atoms with Crippen LogP contribution in [0.4, 0.5) is 0 Å². The molecule has 0 saturated carbocycles. The van der Waals surface area contributed by atoms with Gasteiger partial charge in [-0.1, -0.05) is 0 Å². The van der Waals surface area contributed by atoms with Gasteiger partial charge in [-0.3, -0.25) is 0 Å². The van der Waals surface area contributed by atoms with Crippen molar-refractivity contribution in [3.05, 3.63) is 20.8 Å². The van der Waals surface area contributed by atoms with Crippen LogP contribution in [0.2, 0.25) is 0 Å². The Labute approximate surface area is 94.0 Å². The molecule has 0 fully saturated rings. The van der Waals surface area contributed by atoms with E-state index in [0.717, 1.165) is 13.7 Å². The highest BCUT2D eigenvalue weighted by atomic mass is 79.9. The fraction of sp³-hybridized carbons (Fsp3) is 0.333. The summed E-state index contributed by atoms with van der Waals surface area (Å²) in [7, 11) is 2.98. The number of rotatable bonds is 3. The second kappa shape index (κ2) is 4.27. The van der Waals surface area contributed by atoms with Crippen LogP contribution in [0.1, 0.15) is 4.88 Å². The van der Waals surface area contributed by atoms with E-state index in [2.05, 4.69) is 15.9 Å². The first-order valence-corrected chi connectivity index (χ1v) is 7.22. The Balaban J connectivity index is 2.71. The number of halogens is 2. The van der Waals surface area contributed by atoms with Crippen molar-refractivity contribution in [2.45, 2.75) is 6.54 Å². The van der Waals surface area contributed by atoms with Crippen LogP contribution in [0, 0.1) is 0 Å². The normalized spacial score (nSPS) is 12.3. The van der Waals surface area contributed by atoms with E-state index in [0.29, 0.717) is 6.54 Å². The molecule has 7 heteroatoms. The van der Waals surface area contributed by atoms with Crippen LogP contribution in [0.25, 0.3) is 0 Å². The highest BCUT2D eigenvalue weighted by Gasteiger charge is 2.14. The van der Waals surface area contributed by atoms with E-state index in [1.54, 1.807) is 0 Å². The topological polar surface area (TPSA) is 37.4 Å². The molecule has 0 radical (unpaired) electrons. The van der Waals surface area contributed by atoms with Crippen LogP contribution < -0.4 is 0 Å². The predicted molar refractivity (Wildman–Crippen MR) is 58.3 cm³/mol. The lowest BCUT2D eigenvalue weighted by Gasteiger charge is -2.09. The number of hydrogen-bond acceptors (Lipinski definition) is 3. The summed E-state index contributed by atoms with van der Waals surface area (Å²) in [5.74, 6) is 0. The van der Waals surface area contributed by atoms with Gasteiger partial charge in [0.25, 0.3) is 9.24 Å². The summed E-state index contributed by atoms with van der Waals surface area (Å²) in [6.07, 6.45) is 0. The molecule has 0 aliphatic heterocycles. The second-order valence-corrected chi connectivity index (χ2v) is 6.96. The zero-order valence-electron chi connectivity index (χ0n) is 6.70. The lowest BCUT2D eigenvalue weighted by Crippen LogP contribution is -2.20. The number of nitrogens with zero attached hydrogens (tertiary/aromatic N) is 1. The minimum atomic E-state index is -3.59. The first-order chi connectivity index (χ1) is 5.89. The summed E-state index contributed by atoms with van der Waals surface area (Å²) >= 11 is 4.76. The lowest BCUT2D eigenvalue weighted by atomic mass is 10.5. The van der Waals surface area contributed by atoms with Crippen molar-refractivity contribution < 1.29 is 8.42 Å². The first kappa shape index (κ1) is 11.5. The first-order valence-electron chi connectivity index (χ1n) is 3.28. The van der Waals surface area contributed by atoms with Crippen molar-refractivity contribution in [2.75, 3.05) is 7.05 Å². The van der Waals surface area contributed by atoms with Crippen molar-refractivity contribution in [1.29, 1.82) is 0 Å². The van der Waals surface area contributed by atoms with Gasteiger partial charge < -0.3 is 0 Å². The molecule has 0 aliphatic rings. The van der Waals surface area contributed by atoms with Crippen LogP contribution in [0.5, 0.6) is 0 Å². The van der Waals surface area contributed by atoms with Crippen molar-refractivity contribution in [2.24, 2.45) is 0 Å². The molecular weight excluding hydrogens is 298 g/mol. The van der Waals surface area contributed by atoms with E-state index in [1.807, 2.05) is 11.4 Å². The molecule has 0 bridgehead atoms. The molecule has 1 aromatic heterocycles. The monoisotopic (exact) mass is 303 g/mol. The molecular formula is C6H7BrClNO2S2. The largest absolute Gasteiger partial charge is 0.299 e. The zero-order valence-corrected chi connectivity index (χ0v) is 10.7. The molecule has 74 valence electrons. The highest BCUT2D eigenvalue weighted by molar-refractivity contribution is 9.10. The highest BCUT2D eigenvalue weighted by Crippen LogP contribution is 2.21. The van der Waals surface area contributed by atoms with Crippen LogP contribution >= 0.6 is 37.9 Å². The summed E-state index contributed by atoms with van der Waals surface area (Å²) in [6, 6.07) is 1.86.